The van der Waals surface area contributed by atoms with E-state index >= 15 is 0 Å². The Morgan fingerprint density at radius 2 is 1.76 bits per heavy atom. The molecule has 0 aromatic heterocycles. The van der Waals surface area contributed by atoms with E-state index < -0.39 is 12.5 Å². The molecule has 2 rings (SSSR count). The van der Waals surface area contributed by atoms with E-state index in [0.29, 0.717) is 5.56 Å². The van der Waals surface area contributed by atoms with Gasteiger partial charge in [-0.15, -0.1) is 0 Å². The highest BCUT2D eigenvalue weighted by Crippen LogP contribution is 2.25. The fourth-order valence-electron chi connectivity index (χ4n) is 2.22. The number of nitrogens with one attached hydrogen (secondary N) is 1. The molecule has 0 bridgehead atoms. The number of aliphatic hydroxyl groups excluding tert-OH is 1. The van der Waals surface area contributed by atoms with Crippen LogP contribution in [0.1, 0.15) is 42.9 Å². The lowest BCUT2D eigenvalue weighted by Gasteiger charge is -2.28. The largest absolute Gasteiger partial charge is 0.387 e. The van der Waals surface area contributed by atoms with Crippen molar-refractivity contribution in [3.8, 4) is 0 Å². The number of hydrogen-bond donors (Lipinski definition) is 2. The van der Waals surface area contributed by atoms with Crippen LogP contribution in [0.25, 0.3) is 0 Å². The van der Waals surface area contributed by atoms with Crippen LogP contribution in [0.15, 0.2) is 24.3 Å². The summed E-state index contributed by atoms with van der Waals surface area (Å²) in [5.41, 5.74) is 0.700. The molecule has 1 saturated heterocycles. The zero-order chi connectivity index (χ0) is 12.3. The molecule has 0 aliphatic carbocycles. The third kappa shape index (κ3) is 3.01. The molecule has 1 aliphatic rings. The van der Waals surface area contributed by atoms with Crippen LogP contribution >= 0.6 is 0 Å². The molecular formula is C13H17F2NO. The van der Waals surface area contributed by atoms with Gasteiger partial charge in [-0.3, -0.25) is 0 Å². The average molecular weight is 241 g/mol. The fourth-order valence-corrected chi connectivity index (χ4v) is 2.22. The molecule has 2 nitrogen and oxygen atoms in total. The van der Waals surface area contributed by atoms with Crippen LogP contribution in [0.2, 0.25) is 0 Å². The first-order valence-electron chi connectivity index (χ1n) is 5.98. The van der Waals surface area contributed by atoms with Gasteiger partial charge in [0.2, 0.25) is 0 Å². The van der Waals surface area contributed by atoms with Gasteiger partial charge >= 0.3 is 0 Å². The van der Waals surface area contributed by atoms with E-state index in [1.165, 1.54) is 12.1 Å². The topological polar surface area (TPSA) is 32.3 Å². The molecule has 1 aliphatic heterocycles. The Hall–Kier alpha value is -1.00. The minimum atomic E-state index is -2.45. The Morgan fingerprint density at radius 1 is 1.12 bits per heavy atom. The van der Waals surface area contributed by atoms with Gasteiger partial charge in [0.05, 0.1) is 6.10 Å². The lowest BCUT2D eigenvalue weighted by molar-refractivity contribution is 0.113. The summed E-state index contributed by atoms with van der Waals surface area (Å²) in [5.74, 6) is 0. The number of halogens is 2. The summed E-state index contributed by atoms with van der Waals surface area (Å²) in [5, 5.41) is 13.4. The normalized spacial score (nSPS) is 22.7. The first-order valence-corrected chi connectivity index (χ1v) is 5.98. The monoisotopic (exact) mass is 241 g/mol. The standard InChI is InChI=1S/C13H17F2NO/c14-13(15)10-6-4-9(5-7-10)12(17)11-3-1-2-8-16-11/h4-7,11-13,16-17H,1-3,8H2. The molecule has 1 fully saturated rings. The van der Waals surface area contributed by atoms with Crippen LogP contribution in [0.5, 0.6) is 0 Å². The van der Waals surface area contributed by atoms with E-state index in [9.17, 15) is 13.9 Å². The van der Waals surface area contributed by atoms with Crippen molar-refractivity contribution in [2.45, 2.75) is 37.8 Å². The van der Waals surface area contributed by atoms with Crippen molar-refractivity contribution in [3.05, 3.63) is 35.4 Å². The van der Waals surface area contributed by atoms with Crippen molar-refractivity contribution >= 4 is 0 Å². The Balaban J connectivity index is 2.05. The van der Waals surface area contributed by atoms with E-state index in [0.717, 1.165) is 25.8 Å². The molecule has 4 heteroatoms. The van der Waals surface area contributed by atoms with Crippen LogP contribution in [0.3, 0.4) is 0 Å². The second-order valence-electron chi connectivity index (χ2n) is 4.47. The van der Waals surface area contributed by atoms with Crippen molar-refractivity contribution in [3.63, 3.8) is 0 Å². The van der Waals surface area contributed by atoms with Gasteiger partial charge in [-0.05, 0) is 24.9 Å². The molecule has 2 atom stereocenters. The molecule has 1 aromatic rings. The van der Waals surface area contributed by atoms with Crippen LogP contribution in [0, 0.1) is 0 Å². The lowest BCUT2D eigenvalue weighted by Crippen LogP contribution is -2.38. The minimum Gasteiger partial charge on any atom is -0.387 e. The van der Waals surface area contributed by atoms with Crippen LogP contribution in [-0.4, -0.2) is 17.7 Å². The first-order chi connectivity index (χ1) is 8.18. The highest BCUT2D eigenvalue weighted by molar-refractivity contribution is 5.25. The summed E-state index contributed by atoms with van der Waals surface area (Å²) in [6.45, 7) is 0.914. The predicted octanol–water partition coefficient (Wildman–Crippen LogP) is 2.80. The van der Waals surface area contributed by atoms with E-state index in [-0.39, 0.29) is 11.6 Å². The molecule has 1 heterocycles. The predicted molar refractivity (Wildman–Crippen MR) is 62.0 cm³/mol. The van der Waals surface area contributed by atoms with E-state index in [1.807, 2.05) is 0 Å². The maximum atomic E-state index is 12.4. The summed E-state index contributed by atoms with van der Waals surface area (Å²) in [4.78, 5) is 0. The Bertz CT molecular complexity index is 347. The maximum Gasteiger partial charge on any atom is 0.263 e. The molecule has 17 heavy (non-hydrogen) atoms. The van der Waals surface area contributed by atoms with Gasteiger partial charge < -0.3 is 10.4 Å². The zero-order valence-electron chi connectivity index (χ0n) is 9.57. The molecule has 2 unspecified atom stereocenters. The highest BCUT2D eigenvalue weighted by atomic mass is 19.3. The van der Waals surface area contributed by atoms with E-state index in [2.05, 4.69) is 5.32 Å². The number of aliphatic hydroxyl groups is 1. The summed E-state index contributed by atoms with van der Waals surface area (Å²) >= 11 is 0. The number of piperidine rings is 1. The molecule has 94 valence electrons. The van der Waals surface area contributed by atoms with E-state index in [1.54, 1.807) is 12.1 Å². The highest BCUT2D eigenvalue weighted by Gasteiger charge is 2.22. The summed E-state index contributed by atoms with van der Waals surface area (Å²) in [6.07, 6.45) is 0.103. The van der Waals surface area contributed by atoms with Crippen molar-refractivity contribution in [1.29, 1.82) is 0 Å². The van der Waals surface area contributed by atoms with Crippen molar-refractivity contribution in [2.24, 2.45) is 0 Å². The number of hydrogen-bond acceptors (Lipinski definition) is 2. The second kappa shape index (κ2) is 5.56. The van der Waals surface area contributed by atoms with Gasteiger partial charge in [0.25, 0.3) is 6.43 Å². The second-order valence-corrected chi connectivity index (χ2v) is 4.47. The van der Waals surface area contributed by atoms with E-state index in [4.69, 9.17) is 0 Å². The minimum absolute atomic E-state index is 0.00227. The molecular weight excluding hydrogens is 224 g/mol. The molecule has 0 radical (unpaired) electrons. The van der Waals surface area contributed by atoms with Gasteiger partial charge in [0, 0.05) is 11.6 Å². The molecule has 0 amide bonds. The molecule has 0 spiro atoms. The quantitative estimate of drug-likeness (QED) is 0.852. The summed E-state index contributed by atoms with van der Waals surface area (Å²) < 4.78 is 24.8. The van der Waals surface area contributed by atoms with Crippen LogP contribution in [0.4, 0.5) is 8.78 Å². The van der Waals surface area contributed by atoms with Crippen molar-refractivity contribution in [2.75, 3.05) is 6.54 Å². The fraction of sp³-hybridized carbons (Fsp3) is 0.538. The van der Waals surface area contributed by atoms with Crippen LogP contribution in [-0.2, 0) is 0 Å². The average Bonchev–Trinajstić information content (AvgIpc) is 2.39. The Labute approximate surface area is 99.7 Å². The lowest BCUT2D eigenvalue weighted by atomic mass is 9.94. The third-order valence-corrected chi connectivity index (χ3v) is 3.26. The zero-order valence-corrected chi connectivity index (χ0v) is 9.57. The SMILES string of the molecule is OC(c1ccc(C(F)F)cc1)C1CCCCN1. The van der Waals surface area contributed by atoms with Crippen molar-refractivity contribution in [1.82, 2.24) is 5.32 Å². The third-order valence-electron chi connectivity index (χ3n) is 3.26. The Morgan fingerprint density at radius 3 is 2.29 bits per heavy atom. The summed E-state index contributed by atoms with van der Waals surface area (Å²) in [7, 11) is 0. The number of benzene rings is 1. The summed E-state index contributed by atoms with van der Waals surface area (Å²) in [6, 6.07) is 5.98. The number of alkyl halides is 2. The van der Waals surface area contributed by atoms with Gasteiger partial charge in [0.15, 0.2) is 0 Å². The molecule has 0 saturated carbocycles. The van der Waals surface area contributed by atoms with Crippen molar-refractivity contribution < 1.29 is 13.9 Å². The van der Waals surface area contributed by atoms with Gasteiger partial charge in [-0.1, -0.05) is 30.7 Å². The first kappa shape index (κ1) is 12.5. The number of rotatable bonds is 3. The molecule has 2 N–H and O–H groups in total. The van der Waals surface area contributed by atoms with Gasteiger partial charge in [-0.2, -0.15) is 0 Å². The molecule has 1 aromatic carbocycles. The van der Waals surface area contributed by atoms with Gasteiger partial charge in [0.1, 0.15) is 0 Å². The maximum absolute atomic E-state index is 12.4. The van der Waals surface area contributed by atoms with Crippen LogP contribution < -0.4 is 5.32 Å². The van der Waals surface area contributed by atoms with Gasteiger partial charge in [-0.25, -0.2) is 8.78 Å². The Kier molecular flexibility index (Phi) is 4.07. The smallest absolute Gasteiger partial charge is 0.263 e.